The van der Waals surface area contributed by atoms with E-state index < -0.39 is 6.10 Å². The van der Waals surface area contributed by atoms with Gasteiger partial charge in [-0.2, -0.15) is 0 Å². The largest absolute Gasteiger partial charge is 0.391 e. The molecule has 0 saturated carbocycles. The lowest BCUT2D eigenvalue weighted by Crippen LogP contribution is -2.42. The summed E-state index contributed by atoms with van der Waals surface area (Å²) in [4.78, 5) is 15.9. The first-order valence-corrected chi connectivity index (χ1v) is 9.65. The van der Waals surface area contributed by atoms with Crippen molar-refractivity contribution in [2.45, 2.75) is 37.8 Å². The van der Waals surface area contributed by atoms with Gasteiger partial charge in [0.25, 0.3) is 0 Å². The van der Waals surface area contributed by atoms with Crippen LogP contribution in [0.1, 0.15) is 36.3 Å². The van der Waals surface area contributed by atoms with Crippen molar-refractivity contribution in [1.29, 1.82) is 0 Å². The Morgan fingerprint density at radius 3 is 2.41 bits per heavy atom. The average Bonchev–Trinajstić information content (AvgIpc) is 3.09. The molecule has 142 valence electrons. The van der Waals surface area contributed by atoms with E-state index in [1.165, 1.54) is 17.7 Å². The molecule has 0 aliphatic carbocycles. The Morgan fingerprint density at radius 2 is 1.78 bits per heavy atom. The number of anilines is 1. The topological polar surface area (TPSA) is 43.8 Å². The fourth-order valence-electron chi connectivity index (χ4n) is 4.20. The van der Waals surface area contributed by atoms with Crippen LogP contribution in [0, 0.1) is 5.82 Å². The van der Waals surface area contributed by atoms with E-state index in [0.717, 1.165) is 43.7 Å². The highest BCUT2D eigenvalue weighted by molar-refractivity contribution is 5.95. The van der Waals surface area contributed by atoms with Crippen molar-refractivity contribution in [3.63, 3.8) is 0 Å². The summed E-state index contributed by atoms with van der Waals surface area (Å²) >= 11 is 0. The van der Waals surface area contributed by atoms with E-state index in [1.807, 2.05) is 17.0 Å². The number of hydrogen-bond donors (Lipinski definition) is 1. The van der Waals surface area contributed by atoms with Gasteiger partial charge >= 0.3 is 0 Å². The predicted octanol–water partition coefficient (Wildman–Crippen LogP) is 3.30. The van der Waals surface area contributed by atoms with Crippen LogP contribution in [0.4, 0.5) is 10.1 Å². The normalized spacial score (nSPS) is 23.8. The van der Waals surface area contributed by atoms with E-state index in [2.05, 4.69) is 17.0 Å². The lowest BCUT2D eigenvalue weighted by Gasteiger charge is -2.36. The number of amides is 1. The fraction of sp³-hybridized carbons (Fsp3) is 0.409. The van der Waals surface area contributed by atoms with Gasteiger partial charge in [0, 0.05) is 37.7 Å². The van der Waals surface area contributed by atoms with Crippen LogP contribution in [0.15, 0.2) is 48.5 Å². The van der Waals surface area contributed by atoms with E-state index in [1.54, 1.807) is 12.1 Å². The summed E-state index contributed by atoms with van der Waals surface area (Å²) < 4.78 is 13.1. The number of aliphatic hydroxyl groups is 1. The number of likely N-dealkylation sites (tertiary alicyclic amines) is 1. The van der Waals surface area contributed by atoms with Crippen LogP contribution in [-0.4, -0.2) is 41.7 Å². The van der Waals surface area contributed by atoms with Crippen LogP contribution in [0.2, 0.25) is 0 Å². The highest BCUT2D eigenvalue weighted by Gasteiger charge is 2.29. The lowest BCUT2D eigenvalue weighted by atomic mass is 9.87. The zero-order chi connectivity index (χ0) is 18.8. The zero-order valence-electron chi connectivity index (χ0n) is 15.4. The lowest BCUT2D eigenvalue weighted by molar-refractivity contribution is -0.117. The number of carbonyl (C=O) groups is 1. The van der Waals surface area contributed by atoms with E-state index in [0.29, 0.717) is 13.0 Å². The molecule has 2 heterocycles. The molecule has 27 heavy (non-hydrogen) atoms. The minimum atomic E-state index is -0.453. The molecule has 4 nitrogen and oxygen atoms in total. The molecule has 2 aromatic rings. The van der Waals surface area contributed by atoms with Gasteiger partial charge in [-0.15, -0.1) is 0 Å². The van der Waals surface area contributed by atoms with Crippen molar-refractivity contribution < 1.29 is 14.3 Å². The highest BCUT2D eigenvalue weighted by atomic mass is 19.1. The summed E-state index contributed by atoms with van der Waals surface area (Å²) in [7, 11) is 0. The van der Waals surface area contributed by atoms with Crippen LogP contribution < -0.4 is 4.90 Å². The van der Waals surface area contributed by atoms with Gasteiger partial charge in [0.1, 0.15) is 5.82 Å². The van der Waals surface area contributed by atoms with Gasteiger partial charge in [0.05, 0.1) is 6.10 Å². The van der Waals surface area contributed by atoms with Crippen molar-refractivity contribution in [2.75, 3.05) is 24.5 Å². The Hall–Kier alpha value is -2.24. The second-order valence-electron chi connectivity index (χ2n) is 7.56. The number of piperidine rings is 1. The van der Waals surface area contributed by atoms with E-state index >= 15 is 0 Å². The SMILES string of the molecule is O=C1CCCN1c1ccc(CN2CCC(c3ccc(F)cc3)C(O)C2)cc1. The molecule has 0 bridgehead atoms. The molecule has 0 aromatic heterocycles. The Kier molecular flexibility index (Phi) is 5.23. The Morgan fingerprint density at radius 1 is 1.04 bits per heavy atom. The first-order chi connectivity index (χ1) is 13.1. The fourth-order valence-corrected chi connectivity index (χ4v) is 4.20. The van der Waals surface area contributed by atoms with Crippen molar-refractivity contribution in [1.82, 2.24) is 4.90 Å². The number of rotatable bonds is 4. The van der Waals surface area contributed by atoms with Gasteiger partial charge in [0.15, 0.2) is 0 Å². The second kappa shape index (κ2) is 7.79. The predicted molar refractivity (Wildman–Crippen MR) is 103 cm³/mol. The van der Waals surface area contributed by atoms with E-state index in [9.17, 15) is 14.3 Å². The molecule has 2 saturated heterocycles. The monoisotopic (exact) mass is 368 g/mol. The summed E-state index contributed by atoms with van der Waals surface area (Å²) in [5, 5.41) is 10.6. The summed E-state index contributed by atoms with van der Waals surface area (Å²) in [6, 6.07) is 14.6. The molecule has 2 aliphatic heterocycles. The molecule has 4 rings (SSSR count). The third-order valence-corrected chi connectivity index (χ3v) is 5.69. The number of halogens is 1. The van der Waals surface area contributed by atoms with Crippen molar-refractivity contribution in [3.8, 4) is 0 Å². The Labute approximate surface area is 159 Å². The molecular formula is C22H25FN2O2. The van der Waals surface area contributed by atoms with Crippen LogP contribution in [-0.2, 0) is 11.3 Å². The minimum absolute atomic E-state index is 0.0606. The first-order valence-electron chi connectivity index (χ1n) is 9.65. The molecule has 5 heteroatoms. The van der Waals surface area contributed by atoms with Crippen LogP contribution in [0.25, 0.3) is 0 Å². The average molecular weight is 368 g/mol. The molecule has 2 aliphatic rings. The summed E-state index contributed by atoms with van der Waals surface area (Å²) in [6.45, 7) is 3.09. The summed E-state index contributed by atoms with van der Waals surface area (Å²) in [5.74, 6) is 0.0175. The third kappa shape index (κ3) is 4.04. The first kappa shape index (κ1) is 18.1. The van der Waals surface area contributed by atoms with Crippen LogP contribution >= 0.6 is 0 Å². The van der Waals surface area contributed by atoms with E-state index in [-0.39, 0.29) is 17.6 Å². The van der Waals surface area contributed by atoms with Gasteiger partial charge in [-0.3, -0.25) is 9.69 Å². The number of carbonyl (C=O) groups excluding carboxylic acids is 1. The quantitative estimate of drug-likeness (QED) is 0.901. The highest BCUT2D eigenvalue weighted by Crippen LogP contribution is 2.29. The molecule has 1 amide bonds. The minimum Gasteiger partial charge on any atom is -0.391 e. The summed E-state index contributed by atoms with van der Waals surface area (Å²) in [6.07, 6.45) is 1.97. The smallest absolute Gasteiger partial charge is 0.227 e. The number of aliphatic hydroxyl groups excluding tert-OH is 1. The number of benzene rings is 2. The molecule has 0 spiro atoms. The molecule has 2 aromatic carbocycles. The summed E-state index contributed by atoms with van der Waals surface area (Å²) in [5.41, 5.74) is 3.15. The van der Waals surface area contributed by atoms with Crippen molar-refractivity contribution in [2.24, 2.45) is 0 Å². The van der Waals surface area contributed by atoms with Crippen molar-refractivity contribution >= 4 is 11.6 Å². The van der Waals surface area contributed by atoms with Gasteiger partial charge in [-0.1, -0.05) is 24.3 Å². The van der Waals surface area contributed by atoms with Gasteiger partial charge in [-0.05, 0) is 54.8 Å². The van der Waals surface area contributed by atoms with Crippen molar-refractivity contribution in [3.05, 3.63) is 65.5 Å². The van der Waals surface area contributed by atoms with Crippen LogP contribution in [0.5, 0.6) is 0 Å². The molecular weight excluding hydrogens is 343 g/mol. The molecule has 1 N–H and O–H groups in total. The maximum absolute atomic E-state index is 13.1. The molecule has 0 radical (unpaired) electrons. The van der Waals surface area contributed by atoms with Gasteiger partial charge in [0.2, 0.25) is 5.91 Å². The molecule has 2 fully saturated rings. The van der Waals surface area contributed by atoms with Crippen LogP contribution in [0.3, 0.4) is 0 Å². The number of β-amino-alcohol motifs (C(OH)–C–C–N with tert-alkyl or cyclic N) is 1. The Balaban J connectivity index is 1.35. The third-order valence-electron chi connectivity index (χ3n) is 5.69. The number of nitrogens with zero attached hydrogens (tertiary/aromatic N) is 2. The molecule has 2 atom stereocenters. The number of hydrogen-bond acceptors (Lipinski definition) is 3. The maximum Gasteiger partial charge on any atom is 0.227 e. The zero-order valence-corrected chi connectivity index (χ0v) is 15.4. The van der Waals surface area contributed by atoms with E-state index in [4.69, 9.17) is 0 Å². The maximum atomic E-state index is 13.1. The van der Waals surface area contributed by atoms with Gasteiger partial charge in [-0.25, -0.2) is 4.39 Å². The van der Waals surface area contributed by atoms with Gasteiger partial charge < -0.3 is 10.0 Å². The Bertz CT molecular complexity index is 791. The molecule has 2 unspecified atom stereocenters. The standard InChI is InChI=1S/C22H25FN2O2/c23-18-7-5-17(6-8-18)20-11-13-24(15-21(20)26)14-16-3-9-19(10-4-16)25-12-1-2-22(25)27/h3-10,20-21,26H,1-2,11-15H2. The second-order valence-corrected chi connectivity index (χ2v) is 7.56.